The molecule has 0 radical (unpaired) electrons. The smallest absolute Gasteiger partial charge is 0.260 e. The van der Waals surface area contributed by atoms with Gasteiger partial charge in [0.1, 0.15) is 0 Å². The second kappa shape index (κ2) is 11.2. The fourth-order valence-electron chi connectivity index (χ4n) is 4.03. The molecule has 1 amide bonds. The quantitative estimate of drug-likeness (QED) is 0.257. The summed E-state index contributed by atoms with van der Waals surface area (Å²) < 4.78 is 30.2. The van der Waals surface area contributed by atoms with Crippen molar-refractivity contribution >= 4 is 42.6 Å². The van der Waals surface area contributed by atoms with Crippen molar-refractivity contribution in [1.29, 1.82) is 0 Å². The lowest BCUT2D eigenvalue weighted by Gasteiger charge is -2.21. The van der Waals surface area contributed by atoms with E-state index in [1.807, 2.05) is 26.1 Å². The minimum atomic E-state index is -3.76. The van der Waals surface area contributed by atoms with Gasteiger partial charge in [-0.25, -0.2) is 13.4 Å². The molecule has 0 atom stereocenters. The van der Waals surface area contributed by atoms with Gasteiger partial charge in [0.25, 0.3) is 5.91 Å². The molecule has 2 heterocycles. The molecule has 0 aliphatic heterocycles. The van der Waals surface area contributed by atoms with Gasteiger partial charge < -0.3 is 0 Å². The van der Waals surface area contributed by atoms with Crippen LogP contribution in [0.5, 0.6) is 0 Å². The van der Waals surface area contributed by atoms with Crippen molar-refractivity contribution < 1.29 is 13.2 Å². The van der Waals surface area contributed by atoms with Gasteiger partial charge in [-0.2, -0.15) is 9.40 Å². The molecule has 4 aromatic rings. The number of hydrogen-bond acceptors (Lipinski definition) is 6. The van der Waals surface area contributed by atoms with Gasteiger partial charge in [0.05, 0.1) is 21.7 Å². The zero-order chi connectivity index (χ0) is 26.6. The van der Waals surface area contributed by atoms with Crippen molar-refractivity contribution in [3.8, 4) is 0 Å². The average molecular weight is 536 g/mol. The summed E-state index contributed by atoms with van der Waals surface area (Å²) in [5, 5.41) is 4.83. The van der Waals surface area contributed by atoms with Gasteiger partial charge in [-0.05, 0) is 61.4 Å². The minimum absolute atomic E-state index is 0.0990. The van der Waals surface area contributed by atoms with Crippen LogP contribution in [0.2, 0.25) is 0 Å². The van der Waals surface area contributed by atoms with Crippen molar-refractivity contribution in [2.24, 2.45) is 0 Å². The summed E-state index contributed by atoms with van der Waals surface area (Å²) in [6.45, 7) is 12.5. The number of carbonyl (C=O) groups is 1. The van der Waals surface area contributed by atoms with Gasteiger partial charge in [0, 0.05) is 37.6 Å². The summed E-state index contributed by atoms with van der Waals surface area (Å²) in [6, 6.07) is 12.0. The van der Waals surface area contributed by atoms with Gasteiger partial charge in [0.2, 0.25) is 10.0 Å². The summed E-state index contributed by atoms with van der Waals surface area (Å²) in [7, 11) is -3.76. The average Bonchev–Trinajstić information content (AvgIpc) is 3.54. The van der Waals surface area contributed by atoms with E-state index in [0.717, 1.165) is 21.3 Å². The molecule has 0 aliphatic rings. The summed E-state index contributed by atoms with van der Waals surface area (Å²) in [6.07, 6.45) is 6.58. The number of amides is 1. The summed E-state index contributed by atoms with van der Waals surface area (Å²) in [5.74, 6) is -0.265. The number of carbonyl (C=O) groups excluding carboxylic acids is 1. The highest BCUT2D eigenvalue weighted by Crippen LogP contribution is 2.32. The van der Waals surface area contributed by atoms with Crippen LogP contribution in [0.1, 0.15) is 21.5 Å². The van der Waals surface area contributed by atoms with E-state index < -0.39 is 10.0 Å². The van der Waals surface area contributed by atoms with E-state index in [0.29, 0.717) is 23.8 Å². The molecule has 0 unspecified atom stereocenters. The van der Waals surface area contributed by atoms with Gasteiger partial charge in [-0.15, -0.1) is 13.2 Å². The molecule has 0 bridgehead atoms. The highest BCUT2D eigenvalue weighted by Gasteiger charge is 2.25. The second-order valence-electron chi connectivity index (χ2n) is 8.57. The molecule has 0 fully saturated rings. The molecule has 10 heteroatoms. The number of nitrogens with zero attached hydrogens (tertiary/aromatic N) is 5. The van der Waals surface area contributed by atoms with Crippen molar-refractivity contribution in [1.82, 2.24) is 19.1 Å². The van der Waals surface area contributed by atoms with Crippen LogP contribution in [0.15, 0.2) is 85.1 Å². The maximum atomic E-state index is 13.7. The summed E-state index contributed by atoms with van der Waals surface area (Å²) >= 11 is 1.46. The third-order valence-corrected chi connectivity index (χ3v) is 8.68. The molecule has 4 rings (SSSR count). The molecule has 0 aliphatic carbocycles. The maximum absolute atomic E-state index is 13.7. The van der Waals surface area contributed by atoms with Crippen molar-refractivity contribution in [2.45, 2.75) is 25.3 Å². The number of sulfonamides is 1. The Hall–Kier alpha value is -3.60. The molecule has 8 nitrogen and oxygen atoms in total. The lowest BCUT2D eigenvalue weighted by Crippen LogP contribution is -2.34. The molecule has 2 aromatic carbocycles. The molecule has 0 N–H and O–H groups in total. The Morgan fingerprint density at radius 2 is 1.81 bits per heavy atom. The maximum Gasteiger partial charge on any atom is 0.260 e. The highest BCUT2D eigenvalue weighted by molar-refractivity contribution is 7.89. The summed E-state index contributed by atoms with van der Waals surface area (Å²) in [5.41, 5.74) is 3.42. The Labute approximate surface area is 221 Å². The van der Waals surface area contributed by atoms with Crippen molar-refractivity contribution in [3.63, 3.8) is 0 Å². The van der Waals surface area contributed by atoms with Crippen LogP contribution in [0.4, 0.5) is 5.13 Å². The van der Waals surface area contributed by atoms with E-state index in [1.54, 1.807) is 27.9 Å². The van der Waals surface area contributed by atoms with Gasteiger partial charge >= 0.3 is 0 Å². The normalized spacial score (nSPS) is 11.6. The Balaban J connectivity index is 1.67. The minimum Gasteiger partial charge on any atom is -0.282 e. The number of aryl methyl sites for hydroxylation is 2. The predicted molar refractivity (Wildman–Crippen MR) is 149 cm³/mol. The predicted octanol–water partition coefficient (Wildman–Crippen LogP) is 4.82. The van der Waals surface area contributed by atoms with E-state index in [9.17, 15) is 13.2 Å². The number of thiazole rings is 1. The van der Waals surface area contributed by atoms with E-state index in [-0.39, 0.29) is 23.9 Å². The van der Waals surface area contributed by atoms with Crippen LogP contribution in [0, 0.1) is 13.8 Å². The number of benzene rings is 2. The number of fused-ring (bicyclic) bond motifs is 1. The third-order valence-electron chi connectivity index (χ3n) is 5.81. The van der Waals surface area contributed by atoms with Gasteiger partial charge in [0.15, 0.2) is 5.13 Å². The van der Waals surface area contributed by atoms with Crippen LogP contribution in [-0.2, 0) is 16.6 Å². The van der Waals surface area contributed by atoms with Crippen molar-refractivity contribution in [2.75, 3.05) is 24.5 Å². The Morgan fingerprint density at radius 3 is 2.43 bits per heavy atom. The number of rotatable bonds is 11. The fraction of sp³-hybridized carbons (Fsp3) is 0.222. The molecule has 0 saturated heterocycles. The molecule has 0 spiro atoms. The standard InChI is InChI=1S/C27H29N5O3S2/c1-5-13-31(14-6-2)37(34,35)23-10-8-22(9-11-23)26(33)32(17-16-30-15-7-12-28-30)27-29-25-21(4)18-20(3)19-24(25)36-27/h5-12,15,18-19H,1-2,13-14,16-17H2,3-4H3. The lowest BCUT2D eigenvalue weighted by molar-refractivity contribution is 0.0985. The van der Waals surface area contributed by atoms with Gasteiger partial charge in [-0.1, -0.05) is 29.6 Å². The first-order chi connectivity index (χ1) is 17.7. The number of anilines is 1. The molecular weight excluding hydrogens is 506 g/mol. The zero-order valence-electron chi connectivity index (χ0n) is 20.9. The third kappa shape index (κ3) is 5.71. The van der Waals surface area contributed by atoms with Crippen molar-refractivity contribution in [3.05, 3.63) is 96.9 Å². The summed E-state index contributed by atoms with van der Waals surface area (Å²) in [4.78, 5) is 20.2. The van der Waals surface area contributed by atoms with E-state index in [4.69, 9.17) is 4.98 Å². The van der Waals surface area contributed by atoms with Crippen LogP contribution >= 0.6 is 11.3 Å². The highest BCUT2D eigenvalue weighted by atomic mass is 32.2. The van der Waals surface area contributed by atoms with E-state index in [2.05, 4.69) is 30.4 Å². The molecule has 192 valence electrons. The monoisotopic (exact) mass is 535 g/mol. The zero-order valence-corrected chi connectivity index (χ0v) is 22.5. The van der Waals surface area contributed by atoms with Crippen LogP contribution in [0.3, 0.4) is 0 Å². The number of aromatic nitrogens is 3. The SMILES string of the molecule is C=CCN(CC=C)S(=O)(=O)c1ccc(C(=O)N(CCn2cccn2)c2nc3c(C)cc(C)cc3s2)cc1. The first-order valence-corrected chi connectivity index (χ1v) is 14.0. The van der Waals surface area contributed by atoms with Gasteiger partial charge in [-0.3, -0.25) is 14.4 Å². The van der Waals surface area contributed by atoms with Crippen LogP contribution in [0.25, 0.3) is 10.2 Å². The Bertz CT molecular complexity index is 1510. The number of hydrogen-bond donors (Lipinski definition) is 0. The fourth-order valence-corrected chi connectivity index (χ4v) is 6.57. The molecular formula is C27H29N5O3S2. The largest absolute Gasteiger partial charge is 0.282 e. The Morgan fingerprint density at radius 1 is 1.11 bits per heavy atom. The first-order valence-electron chi connectivity index (χ1n) is 11.7. The molecule has 37 heavy (non-hydrogen) atoms. The first kappa shape index (κ1) is 26.5. The Kier molecular flexibility index (Phi) is 8.01. The topological polar surface area (TPSA) is 88.4 Å². The van der Waals surface area contributed by atoms with E-state index in [1.165, 1.54) is 39.9 Å². The van der Waals surface area contributed by atoms with Crippen LogP contribution < -0.4 is 4.90 Å². The lowest BCUT2D eigenvalue weighted by atomic mass is 10.1. The second-order valence-corrected chi connectivity index (χ2v) is 11.5. The molecule has 0 saturated carbocycles. The molecule has 2 aromatic heterocycles. The van der Waals surface area contributed by atoms with E-state index >= 15 is 0 Å². The van der Waals surface area contributed by atoms with Crippen LogP contribution in [-0.4, -0.2) is 53.0 Å².